The minimum absolute atomic E-state index is 0.0137. The summed E-state index contributed by atoms with van der Waals surface area (Å²) < 4.78 is 25.7. The molecule has 1 N–H and O–H groups in total. The van der Waals surface area contributed by atoms with Crippen molar-refractivity contribution in [1.29, 1.82) is 5.26 Å². The highest BCUT2D eigenvalue weighted by Gasteiger charge is 2.19. The Hall–Kier alpha value is -2.39. The van der Waals surface area contributed by atoms with Crippen LogP contribution in [0, 0.1) is 11.3 Å². The van der Waals surface area contributed by atoms with Gasteiger partial charge in [-0.05, 0) is 19.1 Å². The maximum absolute atomic E-state index is 11.9. The van der Waals surface area contributed by atoms with Gasteiger partial charge in [-0.2, -0.15) is 5.26 Å². The summed E-state index contributed by atoms with van der Waals surface area (Å²) in [5.74, 6) is -0.772. The standard InChI is InChI=1S/C13H12N2O3S/c1-2-3-4-9-13(16)15-19(17,18)12-8-6-5-7-11(12)10-14/h2-9H,1H3,(H,15,16). The third kappa shape index (κ3) is 4.08. The average molecular weight is 276 g/mol. The zero-order chi connectivity index (χ0) is 14.3. The van der Waals surface area contributed by atoms with Crippen molar-refractivity contribution in [3.63, 3.8) is 0 Å². The van der Waals surface area contributed by atoms with Crippen molar-refractivity contribution >= 4 is 15.9 Å². The lowest BCUT2D eigenvalue weighted by atomic mass is 10.2. The first kappa shape index (κ1) is 14.7. The van der Waals surface area contributed by atoms with Gasteiger partial charge in [-0.1, -0.05) is 30.4 Å². The van der Waals surface area contributed by atoms with Crippen molar-refractivity contribution in [3.8, 4) is 6.07 Å². The molecule has 1 aromatic rings. The highest BCUT2D eigenvalue weighted by Crippen LogP contribution is 2.13. The molecule has 1 aromatic carbocycles. The first-order valence-electron chi connectivity index (χ1n) is 5.36. The number of amides is 1. The second-order valence-corrected chi connectivity index (χ2v) is 5.11. The highest BCUT2D eigenvalue weighted by atomic mass is 32.2. The van der Waals surface area contributed by atoms with E-state index in [4.69, 9.17) is 5.26 Å². The van der Waals surface area contributed by atoms with Crippen molar-refractivity contribution in [2.24, 2.45) is 0 Å². The third-order valence-corrected chi connectivity index (χ3v) is 3.49. The summed E-state index contributed by atoms with van der Waals surface area (Å²) in [6.07, 6.45) is 5.80. The van der Waals surface area contributed by atoms with Crippen LogP contribution in [0.1, 0.15) is 12.5 Å². The van der Waals surface area contributed by atoms with E-state index >= 15 is 0 Å². The van der Waals surface area contributed by atoms with Crippen LogP contribution >= 0.6 is 0 Å². The van der Waals surface area contributed by atoms with E-state index in [1.807, 2.05) is 4.72 Å². The van der Waals surface area contributed by atoms with Crippen molar-refractivity contribution in [1.82, 2.24) is 4.72 Å². The SMILES string of the molecule is CC=CC=CC(=O)NS(=O)(=O)c1ccccc1C#N. The monoisotopic (exact) mass is 276 g/mol. The van der Waals surface area contributed by atoms with Crippen molar-refractivity contribution in [2.75, 3.05) is 0 Å². The van der Waals surface area contributed by atoms with Gasteiger partial charge >= 0.3 is 0 Å². The Bertz CT molecular complexity index is 667. The molecule has 0 saturated heterocycles. The lowest BCUT2D eigenvalue weighted by Gasteiger charge is -2.05. The predicted octanol–water partition coefficient (Wildman–Crippen LogP) is 1.50. The van der Waals surface area contributed by atoms with E-state index in [2.05, 4.69) is 0 Å². The molecule has 1 rings (SSSR count). The number of nitriles is 1. The normalized spacial score (nSPS) is 11.6. The predicted molar refractivity (Wildman–Crippen MR) is 70.4 cm³/mol. The van der Waals surface area contributed by atoms with Gasteiger partial charge in [0.2, 0.25) is 0 Å². The van der Waals surface area contributed by atoms with Crippen LogP contribution in [0.25, 0.3) is 0 Å². The Labute approximate surface area is 111 Å². The van der Waals surface area contributed by atoms with E-state index < -0.39 is 15.9 Å². The van der Waals surface area contributed by atoms with Crippen molar-refractivity contribution < 1.29 is 13.2 Å². The molecule has 1 amide bonds. The number of allylic oxidation sites excluding steroid dienone is 3. The largest absolute Gasteiger partial charge is 0.269 e. The Kier molecular flexibility index (Phi) is 5.03. The summed E-state index contributed by atoms with van der Waals surface area (Å²) in [6.45, 7) is 1.77. The van der Waals surface area contributed by atoms with Crippen LogP contribution in [-0.4, -0.2) is 14.3 Å². The summed E-state index contributed by atoms with van der Waals surface area (Å²) in [5, 5.41) is 8.84. The second kappa shape index (κ2) is 6.52. The fraction of sp³-hybridized carbons (Fsp3) is 0.0769. The number of hydrogen-bond acceptors (Lipinski definition) is 4. The Morgan fingerprint density at radius 3 is 2.63 bits per heavy atom. The Balaban J connectivity index is 3.00. The van der Waals surface area contributed by atoms with Gasteiger partial charge in [-0.3, -0.25) is 4.79 Å². The van der Waals surface area contributed by atoms with E-state index in [1.54, 1.807) is 31.2 Å². The molecule has 0 spiro atoms. The molecule has 0 aromatic heterocycles. The lowest BCUT2D eigenvalue weighted by molar-refractivity contribution is -0.114. The maximum Gasteiger partial charge on any atom is 0.265 e. The molecule has 5 nitrogen and oxygen atoms in total. The smallest absolute Gasteiger partial charge is 0.265 e. The topological polar surface area (TPSA) is 87.0 Å². The average Bonchev–Trinajstić information content (AvgIpc) is 2.38. The van der Waals surface area contributed by atoms with Gasteiger partial charge in [-0.25, -0.2) is 13.1 Å². The van der Waals surface area contributed by atoms with Crippen molar-refractivity contribution in [2.45, 2.75) is 11.8 Å². The number of nitrogens with zero attached hydrogens (tertiary/aromatic N) is 1. The number of benzene rings is 1. The molecule has 0 aliphatic carbocycles. The molecule has 0 atom stereocenters. The molecule has 0 bridgehead atoms. The third-order valence-electron chi connectivity index (χ3n) is 2.08. The molecule has 19 heavy (non-hydrogen) atoms. The molecule has 0 radical (unpaired) electrons. The molecular formula is C13H12N2O3S. The van der Waals surface area contributed by atoms with Gasteiger partial charge in [0.25, 0.3) is 15.9 Å². The Morgan fingerprint density at radius 2 is 2.00 bits per heavy atom. The first-order chi connectivity index (χ1) is 9.01. The molecule has 0 saturated carbocycles. The zero-order valence-corrected chi connectivity index (χ0v) is 11.0. The summed E-state index contributed by atoms with van der Waals surface area (Å²) in [4.78, 5) is 11.2. The molecule has 0 fully saturated rings. The molecule has 0 heterocycles. The van der Waals surface area contributed by atoms with Gasteiger partial charge in [0.15, 0.2) is 0 Å². The zero-order valence-electron chi connectivity index (χ0n) is 10.2. The second-order valence-electron chi connectivity index (χ2n) is 3.46. The van der Waals surface area contributed by atoms with Crippen LogP contribution in [0.2, 0.25) is 0 Å². The molecule has 6 heteroatoms. The summed E-state index contributed by atoms with van der Waals surface area (Å²) in [6, 6.07) is 7.43. The molecule has 0 unspecified atom stereocenters. The summed E-state index contributed by atoms with van der Waals surface area (Å²) >= 11 is 0. The van der Waals surface area contributed by atoms with Crippen LogP contribution in [0.15, 0.2) is 53.5 Å². The van der Waals surface area contributed by atoms with E-state index in [0.29, 0.717) is 0 Å². The van der Waals surface area contributed by atoms with Crippen LogP contribution in [0.5, 0.6) is 0 Å². The number of carbonyl (C=O) groups excluding carboxylic acids is 1. The van der Waals surface area contributed by atoms with Gasteiger partial charge < -0.3 is 0 Å². The van der Waals surface area contributed by atoms with Gasteiger partial charge in [0.05, 0.1) is 5.56 Å². The van der Waals surface area contributed by atoms with Crippen LogP contribution in [-0.2, 0) is 14.8 Å². The number of carbonyl (C=O) groups is 1. The fourth-order valence-electron chi connectivity index (χ4n) is 1.27. The quantitative estimate of drug-likeness (QED) is 0.666. The van der Waals surface area contributed by atoms with E-state index in [-0.39, 0.29) is 10.5 Å². The number of hydrogen-bond donors (Lipinski definition) is 1. The minimum atomic E-state index is -4.04. The van der Waals surface area contributed by atoms with E-state index in [1.165, 1.54) is 24.3 Å². The van der Waals surface area contributed by atoms with Gasteiger partial charge in [0, 0.05) is 6.08 Å². The van der Waals surface area contributed by atoms with Gasteiger partial charge in [0.1, 0.15) is 11.0 Å². The molecule has 0 aliphatic heterocycles. The number of nitrogens with one attached hydrogen (secondary N) is 1. The molecule has 0 aliphatic rings. The summed E-state index contributed by atoms with van der Waals surface area (Å²) in [7, 11) is -4.04. The highest BCUT2D eigenvalue weighted by molar-refractivity contribution is 7.90. The number of rotatable bonds is 4. The molecular weight excluding hydrogens is 264 g/mol. The van der Waals surface area contributed by atoms with Crippen LogP contribution in [0.4, 0.5) is 0 Å². The van der Waals surface area contributed by atoms with Crippen LogP contribution < -0.4 is 4.72 Å². The van der Waals surface area contributed by atoms with E-state index in [0.717, 1.165) is 6.08 Å². The van der Waals surface area contributed by atoms with Crippen molar-refractivity contribution in [3.05, 3.63) is 54.1 Å². The summed E-state index contributed by atoms with van der Waals surface area (Å²) in [5.41, 5.74) is -0.0137. The first-order valence-corrected chi connectivity index (χ1v) is 6.85. The van der Waals surface area contributed by atoms with Gasteiger partial charge in [-0.15, -0.1) is 0 Å². The molecule has 98 valence electrons. The minimum Gasteiger partial charge on any atom is -0.269 e. The fourth-order valence-corrected chi connectivity index (χ4v) is 2.37. The Morgan fingerprint density at radius 1 is 1.32 bits per heavy atom. The lowest BCUT2D eigenvalue weighted by Crippen LogP contribution is -2.29. The van der Waals surface area contributed by atoms with E-state index in [9.17, 15) is 13.2 Å². The maximum atomic E-state index is 11.9. The van der Waals surface area contributed by atoms with Crippen LogP contribution in [0.3, 0.4) is 0 Å². The number of sulfonamides is 1.